The van der Waals surface area contributed by atoms with Crippen LogP contribution in [0.1, 0.15) is 17.3 Å². The van der Waals surface area contributed by atoms with Crippen molar-refractivity contribution in [2.45, 2.75) is 13.0 Å². The standard InChI is InChI=1S/C17H15F2NO4/c1-10(16(21)20-14-5-3-4-6-15(14)23-2)24-17(22)11-7-12(18)9-13(19)8-11/h3-10H,1-2H3,(H,20,21)/t10-/m1/s1. The molecule has 0 bridgehead atoms. The molecule has 0 aromatic heterocycles. The fourth-order valence-corrected chi connectivity index (χ4v) is 1.94. The third-order valence-corrected chi connectivity index (χ3v) is 3.12. The Balaban J connectivity index is 2.04. The number of para-hydroxylation sites is 2. The van der Waals surface area contributed by atoms with Gasteiger partial charge in [0.05, 0.1) is 18.4 Å². The largest absolute Gasteiger partial charge is 0.495 e. The maximum atomic E-state index is 13.1. The molecule has 7 heteroatoms. The zero-order chi connectivity index (χ0) is 17.7. The molecule has 24 heavy (non-hydrogen) atoms. The van der Waals surface area contributed by atoms with E-state index in [0.29, 0.717) is 17.5 Å². The molecule has 1 N–H and O–H groups in total. The molecular formula is C17H15F2NO4. The first-order chi connectivity index (χ1) is 11.4. The van der Waals surface area contributed by atoms with E-state index in [9.17, 15) is 18.4 Å². The average molecular weight is 335 g/mol. The minimum absolute atomic E-state index is 0.315. The zero-order valence-corrected chi connectivity index (χ0v) is 13.0. The minimum atomic E-state index is -1.17. The van der Waals surface area contributed by atoms with Gasteiger partial charge in [0.2, 0.25) is 0 Å². The molecule has 2 aromatic rings. The number of carbonyl (C=O) groups excluding carboxylic acids is 2. The van der Waals surface area contributed by atoms with Gasteiger partial charge >= 0.3 is 5.97 Å². The molecule has 0 aliphatic carbocycles. The Morgan fingerprint density at radius 3 is 2.33 bits per heavy atom. The lowest BCUT2D eigenvalue weighted by molar-refractivity contribution is -0.123. The molecule has 0 saturated heterocycles. The number of hydrogen-bond acceptors (Lipinski definition) is 4. The summed E-state index contributed by atoms with van der Waals surface area (Å²) in [7, 11) is 1.45. The fourth-order valence-electron chi connectivity index (χ4n) is 1.94. The predicted octanol–water partition coefficient (Wildman–Crippen LogP) is 3.16. The number of benzene rings is 2. The van der Waals surface area contributed by atoms with Crippen molar-refractivity contribution in [2.75, 3.05) is 12.4 Å². The van der Waals surface area contributed by atoms with E-state index >= 15 is 0 Å². The molecule has 2 rings (SSSR count). The van der Waals surface area contributed by atoms with Gasteiger partial charge in [-0.2, -0.15) is 0 Å². The third kappa shape index (κ3) is 4.28. The highest BCUT2D eigenvalue weighted by molar-refractivity contribution is 5.98. The summed E-state index contributed by atoms with van der Waals surface area (Å²) in [6.07, 6.45) is -1.17. The summed E-state index contributed by atoms with van der Waals surface area (Å²) in [5.74, 6) is -2.99. The Morgan fingerprint density at radius 1 is 1.08 bits per heavy atom. The lowest BCUT2D eigenvalue weighted by atomic mass is 10.2. The first-order valence-electron chi connectivity index (χ1n) is 7.01. The number of carbonyl (C=O) groups is 2. The zero-order valence-electron chi connectivity index (χ0n) is 13.0. The Kier molecular flexibility index (Phi) is 5.47. The SMILES string of the molecule is COc1ccccc1NC(=O)[C@@H](C)OC(=O)c1cc(F)cc(F)c1. The number of nitrogens with one attached hydrogen (secondary N) is 1. The summed E-state index contributed by atoms with van der Waals surface area (Å²) >= 11 is 0. The van der Waals surface area contributed by atoms with Crippen molar-refractivity contribution in [2.24, 2.45) is 0 Å². The van der Waals surface area contributed by atoms with E-state index < -0.39 is 29.6 Å². The lowest BCUT2D eigenvalue weighted by Crippen LogP contribution is -2.30. The van der Waals surface area contributed by atoms with Gasteiger partial charge in [-0.05, 0) is 31.2 Å². The topological polar surface area (TPSA) is 64.6 Å². The van der Waals surface area contributed by atoms with Crippen molar-refractivity contribution in [3.63, 3.8) is 0 Å². The summed E-state index contributed by atoms with van der Waals surface area (Å²) in [5, 5.41) is 2.55. The van der Waals surface area contributed by atoms with Crippen LogP contribution in [-0.4, -0.2) is 25.1 Å². The van der Waals surface area contributed by atoms with Gasteiger partial charge in [-0.3, -0.25) is 4.79 Å². The van der Waals surface area contributed by atoms with E-state index in [-0.39, 0.29) is 5.56 Å². The summed E-state index contributed by atoms with van der Waals surface area (Å²) in [6, 6.07) is 9.00. The third-order valence-electron chi connectivity index (χ3n) is 3.12. The quantitative estimate of drug-likeness (QED) is 0.853. The normalized spacial score (nSPS) is 11.5. The highest BCUT2D eigenvalue weighted by atomic mass is 19.1. The molecule has 0 fully saturated rings. The van der Waals surface area contributed by atoms with E-state index in [1.165, 1.54) is 14.0 Å². The van der Waals surface area contributed by atoms with E-state index in [0.717, 1.165) is 12.1 Å². The molecule has 0 heterocycles. The van der Waals surface area contributed by atoms with Gasteiger partial charge in [0, 0.05) is 6.07 Å². The summed E-state index contributed by atoms with van der Waals surface area (Å²) < 4.78 is 36.3. The molecule has 0 spiro atoms. The Hall–Kier alpha value is -2.96. The number of esters is 1. The number of halogens is 2. The van der Waals surface area contributed by atoms with Gasteiger partial charge in [0.25, 0.3) is 5.91 Å². The van der Waals surface area contributed by atoms with Crippen LogP contribution in [0, 0.1) is 11.6 Å². The van der Waals surface area contributed by atoms with Crippen LogP contribution >= 0.6 is 0 Å². The Labute approximate surface area is 137 Å². The Bertz CT molecular complexity index is 744. The molecule has 1 amide bonds. The van der Waals surface area contributed by atoms with Gasteiger partial charge in [0.15, 0.2) is 6.10 Å². The predicted molar refractivity (Wildman–Crippen MR) is 82.9 cm³/mol. The second-order valence-corrected chi connectivity index (χ2v) is 4.90. The number of rotatable bonds is 5. The van der Waals surface area contributed by atoms with Crippen LogP contribution in [0.4, 0.5) is 14.5 Å². The molecule has 126 valence electrons. The molecule has 2 aromatic carbocycles. The van der Waals surface area contributed by atoms with Crippen molar-refractivity contribution in [3.05, 3.63) is 59.7 Å². The first kappa shape index (κ1) is 17.4. The highest BCUT2D eigenvalue weighted by Crippen LogP contribution is 2.23. The summed E-state index contributed by atoms with van der Waals surface area (Å²) in [5.41, 5.74) is 0.0918. The van der Waals surface area contributed by atoms with Gasteiger partial charge in [-0.25, -0.2) is 13.6 Å². The first-order valence-corrected chi connectivity index (χ1v) is 7.01. The lowest BCUT2D eigenvalue weighted by Gasteiger charge is -2.15. The number of methoxy groups -OCH3 is 1. The van der Waals surface area contributed by atoms with Crippen LogP contribution in [0.5, 0.6) is 5.75 Å². The molecule has 0 saturated carbocycles. The molecular weight excluding hydrogens is 320 g/mol. The van der Waals surface area contributed by atoms with Crippen molar-refractivity contribution < 1.29 is 27.8 Å². The molecule has 0 aliphatic heterocycles. The van der Waals surface area contributed by atoms with Crippen LogP contribution < -0.4 is 10.1 Å². The van der Waals surface area contributed by atoms with Crippen molar-refractivity contribution in [1.82, 2.24) is 0 Å². The van der Waals surface area contributed by atoms with E-state index in [1.54, 1.807) is 24.3 Å². The molecule has 0 aliphatic rings. The van der Waals surface area contributed by atoms with Gasteiger partial charge in [0.1, 0.15) is 17.4 Å². The van der Waals surface area contributed by atoms with Gasteiger partial charge in [-0.15, -0.1) is 0 Å². The monoisotopic (exact) mass is 335 g/mol. The van der Waals surface area contributed by atoms with Crippen LogP contribution in [-0.2, 0) is 9.53 Å². The van der Waals surface area contributed by atoms with Gasteiger partial charge in [-0.1, -0.05) is 12.1 Å². The van der Waals surface area contributed by atoms with Crippen molar-refractivity contribution in [3.8, 4) is 5.75 Å². The smallest absolute Gasteiger partial charge is 0.339 e. The molecule has 0 unspecified atom stereocenters. The van der Waals surface area contributed by atoms with Crippen molar-refractivity contribution in [1.29, 1.82) is 0 Å². The van der Waals surface area contributed by atoms with Crippen LogP contribution in [0.3, 0.4) is 0 Å². The summed E-state index contributed by atoms with van der Waals surface area (Å²) in [6.45, 7) is 1.35. The number of hydrogen-bond donors (Lipinski definition) is 1. The van der Waals surface area contributed by atoms with Crippen LogP contribution in [0.15, 0.2) is 42.5 Å². The number of amides is 1. The number of anilines is 1. The highest BCUT2D eigenvalue weighted by Gasteiger charge is 2.21. The molecule has 5 nitrogen and oxygen atoms in total. The minimum Gasteiger partial charge on any atom is -0.495 e. The Morgan fingerprint density at radius 2 is 1.71 bits per heavy atom. The number of ether oxygens (including phenoxy) is 2. The van der Waals surface area contributed by atoms with E-state index in [4.69, 9.17) is 9.47 Å². The van der Waals surface area contributed by atoms with E-state index in [1.807, 2.05) is 0 Å². The average Bonchev–Trinajstić information content (AvgIpc) is 2.54. The molecule has 0 radical (unpaired) electrons. The van der Waals surface area contributed by atoms with Crippen LogP contribution in [0.2, 0.25) is 0 Å². The molecule has 1 atom stereocenters. The van der Waals surface area contributed by atoms with Crippen LogP contribution in [0.25, 0.3) is 0 Å². The fraction of sp³-hybridized carbons (Fsp3) is 0.176. The maximum Gasteiger partial charge on any atom is 0.339 e. The maximum absolute atomic E-state index is 13.1. The second kappa shape index (κ2) is 7.54. The second-order valence-electron chi connectivity index (χ2n) is 4.90. The van der Waals surface area contributed by atoms with E-state index in [2.05, 4.69) is 5.32 Å². The van der Waals surface area contributed by atoms with Gasteiger partial charge < -0.3 is 14.8 Å². The van der Waals surface area contributed by atoms with Crippen molar-refractivity contribution >= 4 is 17.6 Å². The summed E-state index contributed by atoms with van der Waals surface area (Å²) in [4.78, 5) is 24.0.